The fourth-order valence-electron chi connectivity index (χ4n) is 3.01. The molecule has 0 aromatic carbocycles. The van der Waals surface area contributed by atoms with Gasteiger partial charge in [-0.25, -0.2) is 9.48 Å². The first-order valence-electron chi connectivity index (χ1n) is 8.36. The molecule has 2 atom stereocenters. The van der Waals surface area contributed by atoms with Gasteiger partial charge in [-0.2, -0.15) is 5.10 Å². The number of aromatic nitrogens is 2. The summed E-state index contributed by atoms with van der Waals surface area (Å²) in [6, 6.07) is 2.04. The number of hydrogen-bond acceptors (Lipinski definition) is 3. The zero-order chi connectivity index (χ0) is 16.6. The smallest absolute Gasteiger partial charge is 0.323 e. The van der Waals surface area contributed by atoms with Crippen LogP contribution in [-0.4, -0.2) is 48.5 Å². The number of nitrogens with zero attached hydrogens (tertiary/aromatic N) is 3. The molecule has 1 aliphatic heterocycles. The van der Waals surface area contributed by atoms with Crippen LogP contribution in [0.25, 0.3) is 0 Å². The van der Waals surface area contributed by atoms with Gasteiger partial charge in [-0.1, -0.05) is 0 Å². The Hall–Kier alpha value is -1.37. The molecule has 1 N–H and O–H groups in total. The molecular formula is C16H26N4O2S. The molecule has 0 radical (unpaired) electrons. The first-order chi connectivity index (χ1) is 10.9. The SMILES string of the molecule is CC(C1CC1)n1nccc1NC(=O)N1CCS(=O)C(C)(C)CC1. The molecule has 2 amide bonds. The second-order valence-electron chi connectivity index (χ2n) is 7.22. The summed E-state index contributed by atoms with van der Waals surface area (Å²) in [5, 5.41) is 7.35. The summed E-state index contributed by atoms with van der Waals surface area (Å²) in [5.74, 6) is 1.96. The average Bonchev–Trinajstić information content (AvgIpc) is 3.27. The maximum Gasteiger partial charge on any atom is 0.323 e. The molecule has 1 saturated heterocycles. The largest absolute Gasteiger partial charge is 0.324 e. The molecule has 0 bridgehead atoms. The van der Waals surface area contributed by atoms with Crippen molar-refractivity contribution in [1.29, 1.82) is 0 Å². The number of carbonyl (C=O) groups excluding carboxylic acids is 1. The van der Waals surface area contributed by atoms with Gasteiger partial charge in [0.15, 0.2) is 0 Å². The Bertz CT molecular complexity index is 609. The van der Waals surface area contributed by atoms with E-state index in [1.807, 2.05) is 24.6 Å². The van der Waals surface area contributed by atoms with E-state index in [4.69, 9.17) is 0 Å². The molecule has 2 aliphatic rings. The molecule has 1 saturated carbocycles. The van der Waals surface area contributed by atoms with Crippen LogP contribution in [0, 0.1) is 5.92 Å². The lowest BCUT2D eigenvalue weighted by atomic mass is 10.1. The second kappa shape index (κ2) is 6.26. The fraction of sp³-hybridized carbons (Fsp3) is 0.750. The highest BCUT2D eigenvalue weighted by atomic mass is 32.2. The van der Waals surface area contributed by atoms with Crippen LogP contribution in [0.5, 0.6) is 0 Å². The highest BCUT2D eigenvalue weighted by molar-refractivity contribution is 7.86. The highest BCUT2D eigenvalue weighted by Gasteiger charge is 2.33. The number of hydrogen-bond donors (Lipinski definition) is 1. The van der Waals surface area contributed by atoms with Gasteiger partial charge >= 0.3 is 6.03 Å². The van der Waals surface area contributed by atoms with Crippen molar-refractivity contribution in [2.45, 2.75) is 50.8 Å². The monoisotopic (exact) mass is 338 g/mol. The molecule has 1 aromatic heterocycles. The number of carbonyl (C=O) groups is 1. The van der Waals surface area contributed by atoms with E-state index in [2.05, 4.69) is 17.3 Å². The zero-order valence-corrected chi connectivity index (χ0v) is 14.9. The van der Waals surface area contributed by atoms with Crippen molar-refractivity contribution in [2.75, 3.05) is 24.2 Å². The van der Waals surface area contributed by atoms with Gasteiger partial charge in [-0.3, -0.25) is 9.53 Å². The van der Waals surface area contributed by atoms with E-state index < -0.39 is 10.8 Å². The Morgan fingerprint density at radius 1 is 1.43 bits per heavy atom. The predicted molar refractivity (Wildman–Crippen MR) is 92.0 cm³/mol. The minimum absolute atomic E-state index is 0.121. The number of rotatable bonds is 3. The van der Waals surface area contributed by atoms with Crippen LogP contribution in [0.4, 0.5) is 10.6 Å². The number of anilines is 1. The maximum absolute atomic E-state index is 12.6. The molecule has 1 aliphatic carbocycles. The van der Waals surface area contributed by atoms with Crippen molar-refractivity contribution in [1.82, 2.24) is 14.7 Å². The van der Waals surface area contributed by atoms with Gasteiger partial charge in [0.25, 0.3) is 0 Å². The molecular weight excluding hydrogens is 312 g/mol. The van der Waals surface area contributed by atoms with Gasteiger partial charge in [0.05, 0.1) is 12.2 Å². The summed E-state index contributed by atoms with van der Waals surface area (Å²) in [4.78, 5) is 14.3. The van der Waals surface area contributed by atoms with Crippen LogP contribution in [0.15, 0.2) is 12.3 Å². The van der Waals surface area contributed by atoms with Gasteiger partial charge in [0.1, 0.15) is 5.82 Å². The van der Waals surface area contributed by atoms with Crippen molar-refractivity contribution in [2.24, 2.45) is 5.92 Å². The number of urea groups is 1. The molecule has 7 heteroatoms. The molecule has 2 fully saturated rings. The van der Waals surface area contributed by atoms with Crippen LogP contribution in [0.3, 0.4) is 0 Å². The first-order valence-corrected chi connectivity index (χ1v) is 9.68. The van der Waals surface area contributed by atoms with E-state index in [9.17, 15) is 9.00 Å². The van der Waals surface area contributed by atoms with Crippen LogP contribution in [0.2, 0.25) is 0 Å². The molecule has 0 spiro atoms. The topological polar surface area (TPSA) is 67.2 Å². The maximum atomic E-state index is 12.6. The van der Waals surface area contributed by atoms with Gasteiger partial charge in [0.2, 0.25) is 0 Å². The van der Waals surface area contributed by atoms with Crippen molar-refractivity contribution in [3.05, 3.63) is 12.3 Å². The quantitative estimate of drug-likeness (QED) is 0.921. The zero-order valence-electron chi connectivity index (χ0n) is 14.1. The summed E-state index contributed by atoms with van der Waals surface area (Å²) < 4.78 is 13.9. The average molecular weight is 338 g/mol. The predicted octanol–water partition coefficient (Wildman–Crippen LogP) is 2.62. The van der Waals surface area contributed by atoms with E-state index in [0.717, 1.165) is 12.2 Å². The Labute approximate surface area is 140 Å². The van der Waals surface area contributed by atoms with Crippen molar-refractivity contribution >= 4 is 22.6 Å². The van der Waals surface area contributed by atoms with Crippen LogP contribution in [-0.2, 0) is 10.8 Å². The minimum atomic E-state index is -0.893. The molecule has 3 rings (SSSR count). The Balaban J connectivity index is 1.65. The summed E-state index contributed by atoms with van der Waals surface area (Å²) in [7, 11) is -0.893. The number of nitrogens with one attached hydrogen (secondary N) is 1. The molecule has 128 valence electrons. The molecule has 1 aromatic rings. The van der Waals surface area contributed by atoms with E-state index in [0.29, 0.717) is 30.8 Å². The summed E-state index contributed by atoms with van der Waals surface area (Å²) in [6.45, 7) is 7.34. The van der Waals surface area contributed by atoms with E-state index in [-0.39, 0.29) is 10.8 Å². The van der Waals surface area contributed by atoms with Crippen molar-refractivity contribution in [3.63, 3.8) is 0 Å². The molecule has 2 unspecified atom stereocenters. The summed E-state index contributed by atoms with van der Waals surface area (Å²) >= 11 is 0. The van der Waals surface area contributed by atoms with E-state index in [1.165, 1.54) is 12.8 Å². The lowest BCUT2D eigenvalue weighted by molar-refractivity contribution is 0.213. The molecule has 23 heavy (non-hydrogen) atoms. The van der Waals surface area contributed by atoms with Gasteiger partial charge in [-0.15, -0.1) is 0 Å². The van der Waals surface area contributed by atoms with Crippen molar-refractivity contribution < 1.29 is 9.00 Å². The van der Waals surface area contributed by atoms with E-state index in [1.54, 1.807) is 11.1 Å². The normalized spacial score (nSPS) is 25.7. The van der Waals surface area contributed by atoms with Crippen LogP contribution < -0.4 is 5.32 Å². The summed E-state index contributed by atoms with van der Waals surface area (Å²) in [6.07, 6.45) is 4.96. The van der Waals surface area contributed by atoms with Crippen LogP contribution >= 0.6 is 0 Å². The Morgan fingerprint density at radius 3 is 2.87 bits per heavy atom. The standard InChI is InChI=1S/C16H26N4O2S/c1-12(13-4-5-13)20-14(6-8-17-20)18-15(21)19-9-7-16(2,3)23(22)11-10-19/h6,8,12-13H,4-5,7,9-11H2,1-3H3,(H,18,21). The summed E-state index contributed by atoms with van der Waals surface area (Å²) in [5.41, 5.74) is 0. The Morgan fingerprint density at radius 2 is 2.17 bits per heavy atom. The molecule has 2 heterocycles. The van der Waals surface area contributed by atoms with Gasteiger partial charge in [-0.05, 0) is 46.0 Å². The lowest BCUT2D eigenvalue weighted by Crippen LogP contribution is -2.37. The van der Waals surface area contributed by atoms with Crippen LogP contribution in [0.1, 0.15) is 46.1 Å². The van der Waals surface area contributed by atoms with Gasteiger partial charge < -0.3 is 4.90 Å². The highest BCUT2D eigenvalue weighted by Crippen LogP contribution is 2.40. The third-order valence-corrected chi connectivity index (χ3v) is 7.02. The van der Waals surface area contributed by atoms with E-state index >= 15 is 0 Å². The van der Waals surface area contributed by atoms with Gasteiger partial charge in [0, 0.05) is 40.5 Å². The molecule has 6 nitrogen and oxygen atoms in total. The minimum Gasteiger partial charge on any atom is -0.324 e. The Kier molecular flexibility index (Phi) is 4.49. The fourth-order valence-corrected chi connectivity index (χ4v) is 4.26. The first kappa shape index (κ1) is 16.5. The third kappa shape index (κ3) is 3.59. The third-order valence-electron chi connectivity index (χ3n) is 5.03. The number of amides is 2. The lowest BCUT2D eigenvalue weighted by Gasteiger charge is -2.23. The van der Waals surface area contributed by atoms with Crippen molar-refractivity contribution in [3.8, 4) is 0 Å². The second-order valence-corrected chi connectivity index (χ2v) is 9.42.